The topological polar surface area (TPSA) is 75.7 Å². The highest BCUT2D eigenvalue weighted by molar-refractivity contribution is 7.92. The standard InChI is InChI=1S/C14H19FN2O4S/c1-22(19,20)17(12-6-3-2-5-11(12)15)9-8-16-14(18)13-7-4-10-21-13/h2-3,5-6,13H,4,7-10H2,1H3,(H,16,18). The highest BCUT2D eigenvalue weighted by Gasteiger charge is 2.24. The molecule has 122 valence electrons. The Hall–Kier alpha value is -1.67. The zero-order valence-electron chi connectivity index (χ0n) is 12.3. The Morgan fingerprint density at radius 2 is 2.18 bits per heavy atom. The minimum absolute atomic E-state index is 0.0311. The molecule has 6 nitrogen and oxygen atoms in total. The summed E-state index contributed by atoms with van der Waals surface area (Å²) in [6, 6.07) is 5.62. The Balaban J connectivity index is 2.00. The third-order valence-electron chi connectivity index (χ3n) is 3.36. The zero-order valence-corrected chi connectivity index (χ0v) is 13.1. The average Bonchev–Trinajstić information content (AvgIpc) is 2.97. The summed E-state index contributed by atoms with van der Waals surface area (Å²) in [6.07, 6.45) is 2.03. The summed E-state index contributed by atoms with van der Waals surface area (Å²) in [7, 11) is -3.65. The van der Waals surface area contributed by atoms with E-state index >= 15 is 0 Å². The van der Waals surface area contributed by atoms with E-state index in [4.69, 9.17) is 4.74 Å². The molecule has 2 rings (SSSR count). The monoisotopic (exact) mass is 330 g/mol. The molecule has 1 unspecified atom stereocenters. The van der Waals surface area contributed by atoms with Gasteiger partial charge in [-0.15, -0.1) is 0 Å². The van der Waals surface area contributed by atoms with Crippen molar-refractivity contribution in [1.82, 2.24) is 5.32 Å². The number of hydrogen-bond donors (Lipinski definition) is 1. The maximum absolute atomic E-state index is 13.8. The molecule has 0 radical (unpaired) electrons. The van der Waals surface area contributed by atoms with Crippen molar-refractivity contribution in [3.63, 3.8) is 0 Å². The summed E-state index contributed by atoms with van der Waals surface area (Å²) in [5.41, 5.74) is -0.0311. The number of carbonyl (C=O) groups is 1. The van der Waals surface area contributed by atoms with Crippen molar-refractivity contribution in [2.45, 2.75) is 18.9 Å². The molecule has 8 heteroatoms. The van der Waals surface area contributed by atoms with E-state index < -0.39 is 21.9 Å². The number of ether oxygens (including phenoxy) is 1. The van der Waals surface area contributed by atoms with Gasteiger partial charge in [0.15, 0.2) is 0 Å². The third-order valence-corrected chi connectivity index (χ3v) is 4.54. The zero-order chi connectivity index (χ0) is 16.2. The van der Waals surface area contributed by atoms with Gasteiger partial charge in [-0.2, -0.15) is 0 Å². The van der Waals surface area contributed by atoms with Gasteiger partial charge in [0.25, 0.3) is 0 Å². The molecular formula is C14H19FN2O4S. The molecular weight excluding hydrogens is 311 g/mol. The van der Waals surface area contributed by atoms with Crippen LogP contribution in [-0.2, 0) is 19.6 Å². The Labute approximate surface area is 129 Å². The van der Waals surface area contributed by atoms with Crippen LogP contribution in [0.2, 0.25) is 0 Å². The lowest BCUT2D eigenvalue weighted by Gasteiger charge is -2.23. The Bertz CT molecular complexity index is 629. The Morgan fingerprint density at radius 1 is 1.45 bits per heavy atom. The van der Waals surface area contributed by atoms with E-state index in [0.717, 1.165) is 17.0 Å². The van der Waals surface area contributed by atoms with Crippen LogP contribution in [0.15, 0.2) is 24.3 Å². The number of amides is 1. The first kappa shape index (κ1) is 16.7. The van der Waals surface area contributed by atoms with E-state index in [0.29, 0.717) is 13.0 Å². The summed E-state index contributed by atoms with van der Waals surface area (Å²) in [5, 5.41) is 2.62. The van der Waals surface area contributed by atoms with Crippen molar-refractivity contribution in [2.24, 2.45) is 0 Å². The number of nitrogens with zero attached hydrogens (tertiary/aromatic N) is 1. The second-order valence-electron chi connectivity index (χ2n) is 5.08. The second-order valence-corrected chi connectivity index (χ2v) is 6.99. The number of halogens is 1. The quantitative estimate of drug-likeness (QED) is 0.840. The van der Waals surface area contributed by atoms with Gasteiger partial charge in [0.05, 0.1) is 18.5 Å². The SMILES string of the molecule is CS(=O)(=O)N(CCNC(=O)C1CCCO1)c1ccccc1F. The molecule has 1 fully saturated rings. The summed E-state index contributed by atoms with van der Waals surface area (Å²) in [5.74, 6) is -0.891. The number of para-hydroxylation sites is 1. The molecule has 0 aromatic heterocycles. The molecule has 0 saturated carbocycles. The maximum atomic E-state index is 13.8. The van der Waals surface area contributed by atoms with E-state index in [1.165, 1.54) is 18.2 Å². The predicted molar refractivity (Wildman–Crippen MR) is 80.6 cm³/mol. The summed E-state index contributed by atoms with van der Waals surface area (Å²) >= 11 is 0. The Kier molecular flexibility index (Phi) is 5.36. The molecule has 1 aliphatic heterocycles. The number of carbonyl (C=O) groups excluding carboxylic acids is 1. The van der Waals surface area contributed by atoms with Crippen LogP contribution in [0.25, 0.3) is 0 Å². The molecule has 1 aliphatic rings. The number of rotatable bonds is 6. The van der Waals surface area contributed by atoms with Crippen LogP contribution in [0.5, 0.6) is 0 Å². The van der Waals surface area contributed by atoms with Gasteiger partial charge in [-0.05, 0) is 25.0 Å². The normalized spacial score (nSPS) is 18.2. The van der Waals surface area contributed by atoms with Crippen LogP contribution >= 0.6 is 0 Å². The van der Waals surface area contributed by atoms with Crippen LogP contribution in [0, 0.1) is 5.82 Å². The smallest absolute Gasteiger partial charge is 0.249 e. The predicted octanol–water partition coefficient (Wildman–Crippen LogP) is 0.887. The van der Waals surface area contributed by atoms with Gasteiger partial charge in [-0.1, -0.05) is 12.1 Å². The molecule has 1 saturated heterocycles. The van der Waals surface area contributed by atoms with Crippen LogP contribution in [0.1, 0.15) is 12.8 Å². The minimum Gasteiger partial charge on any atom is -0.368 e. The third kappa shape index (κ3) is 4.17. The van der Waals surface area contributed by atoms with Crippen molar-refractivity contribution in [2.75, 3.05) is 30.3 Å². The number of sulfonamides is 1. The molecule has 0 aliphatic carbocycles. The maximum Gasteiger partial charge on any atom is 0.249 e. The molecule has 1 atom stereocenters. The lowest BCUT2D eigenvalue weighted by Crippen LogP contribution is -2.41. The van der Waals surface area contributed by atoms with Gasteiger partial charge in [0.2, 0.25) is 15.9 Å². The minimum atomic E-state index is -3.65. The molecule has 1 heterocycles. The van der Waals surface area contributed by atoms with Crippen LogP contribution < -0.4 is 9.62 Å². The molecule has 0 bridgehead atoms. The number of nitrogens with one attached hydrogen (secondary N) is 1. The molecule has 1 aromatic carbocycles. The van der Waals surface area contributed by atoms with E-state index in [9.17, 15) is 17.6 Å². The van der Waals surface area contributed by atoms with Crippen molar-refractivity contribution in [1.29, 1.82) is 0 Å². The van der Waals surface area contributed by atoms with Gasteiger partial charge in [-0.25, -0.2) is 12.8 Å². The van der Waals surface area contributed by atoms with E-state index in [1.807, 2.05) is 0 Å². The van der Waals surface area contributed by atoms with Crippen molar-refractivity contribution in [3.05, 3.63) is 30.1 Å². The highest BCUT2D eigenvalue weighted by Crippen LogP contribution is 2.20. The number of benzene rings is 1. The van der Waals surface area contributed by atoms with Crippen molar-refractivity contribution >= 4 is 21.6 Å². The molecule has 1 amide bonds. The van der Waals surface area contributed by atoms with Gasteiger partial charge >= 0.3 is 0 Å². The molecule has 0 spiro atoms. The Morgan fingerprint density at radius 3 is 2.77 bits per heavy atom. The van der Waals surface area contributed by atoms with Crippen LogP contribution in [0.3, 0.4) is 0 Å². The molecule has 1 N–H and O–H groups in total. The number of hydrogen-bond acceptors (Lipinski definition) is 4. The average molecular weight is 330 g/mol. The summed E-state index contributed by atoms with van der Waals surface area (Å²) in [4.78, 5) is 11.8. The number of anilines is 1. The van der Waals surface area contributed by atoms with E-state index in [2.05, 4.69) is 5.32 Å². The van der Waals surface area contributed by atoms with Gasteiger partial charge < -0.3 is 10.1 Å². The fraction of sp³-hybridized carbons (Fsp3) is 0.500. The summed E-state index contributed by atoms with van der Waals surface area (Å²) < 4.78 is 43.6. The van der Waals surface area contributed by atoms with Gasteiger partial charge in [0.1, 0.15) is 11.9 Å². The van der Waals surface area contributed by atoms with Crippen molar-refractivity contribution in [3.8, 4) is 0 Å². The first-order valence-corrected chi connectivity index (χ1v) is 8.86. The molecule has 1 aromatic rings. The van der Waals surface area contributed by atoms with Gasteiger partial charge in [0, 0.05) is 13.2 Å². The first-order chi connectivity index (χ1) is 10.4. The lowest BCUT2D eigenvalue weighted by molar-refractivity contribution is -0.129. The first-order valence-electron chi connectivity index (χ1n) is 7.01. The summed E-state index contributed by atoms with van der Waals surface area (Å²) in [6.45, 7) is 0.598. The second kappa shape index (κ2) is 7.06. The van der Waals surface area contributed by atoms with Gasteiger partial charge in [-0.3, -0.25) is 9.10 Å². The fourth-order valence-electron chi connectivity index (χ4n) is 2.30. The highest BCUT2D eigenvalue weighted by atomic mass is 32.2. The van der Waals surface area contributed by atoms with E-state index in [-0.39, 0.29) is 24.7 Å². The van der Waals surface area contributed by atoms with Crippen LogP contribution in [-0.4, -0.2) is 46.4 Å². The van der Waals surface area contributed by atoms with E-state index in [1.54, 1.807) is 6.07 Å². The van der Waals surface area contributed by atoms with Crippen LogP contribution in [0.4, 0.5) is 10.1 Å². The fourth-order valence-corrected chi connectivity index (χ4v) is 3.23. The van der Waals surface area contributed by atoms with Crippen molar-refractivity contribution < 1.29 is 22.3 Å². The largest absolute Gasteiger partial charge is 0.368 e. The molecule has 22 heavy (non-hydrogen) atoms. The lowest BCUT2D eigenvalue weighted by atomic mass is 10.2.